The molecular formula is C24H25N5O2. The molecule has 1 aromatic carbocycles. The number of hydrogen-bond acceptors (Lipinski definition) is 4. The quantitative estimate of drug-likeness (QED) is 0.542. The molecular weight excluding hydrogens is 390 g/mol. The largest absolute Gasteiger partial charge is 0.381 e. The van der Waals surface area contributed by atoms with E-state index in [0.717, 1.165) is 40.6 Å². The average molecular weight is 415 g/mol. The maximum atomic E-state index is 13.0. The molecule has 1 aliphatic rings. The van der Waals surface area contributed by atoms with Gasteiger partial charge in [-0.25, -0.2) is 0 Å². The van der Waals surface area contributed by atoms with Crippen LogP contribution in [0.4, 0.5) is 0 Å². The summed E-state index contributed by atoms with van der Waals surface area (Å²) in [5, 5.41) is 7.39. The second-order valence-corrected chi connectivity index (χ2v) is 8.00. The van der Waals surface area contributed by atoms with E-state index < -0.39 is 0 Å². The summed E-state index contributed by atoms with van der Waals surface area (Å²) in [6.07, 6.45) is 9.22. The first kappa shape index (κ1) is 19.5. The first-order chi connectivity index (χ1) is 15.2. The van der Waals surface area contributed by atoms with Gasteiger partial charge in [-0.2, -0.15) is 5.10 Å². The van der Waals surface area contributed by atoms with Gasteiger partial charge in [0.1, 0.15) is 5.52 Å². The minimum atomic E-state index is -0.0683. The van der Waals surface area contributed by atoms with E-state index in [2.05, 4.69) is 44.2 Å². The Labute approximate surface area is 180 Å². The molecule has 0 bridgehead atoms. The van der Waals surface area contributed by atoms with Crippen molar-refractivity contribution in [1.29, 1.82) is 0 Å². The van der Waals surface area contributed by atoms with Gasteiger partial charge in [0.05, 0.1) is 17.3 Å². The number of amides is 1. The lowest BCUT2D eigenvalue weighted by Crippen LogP contribution is -2.38. The number of aromatic nitrogens is 4. The summed E-state index contributed by atoms with van der Waals surface area (Å²) in [5.74, 6) is -0.0683. The molecule has 0 atom stereocenters. The monoisotopic (exact) mass is 415 g/mol. The Morgan fingerprint density at radius 2 is 1.94 bits per heavy atom. The Morgan fingerprint density at radius 1 is 1.13 bits per heavy atom. The molecule has 7 heteroatoms. The van der Waals surface area contributed by atoms with Gasteiger partial charge in [-0.15, -0.1) is 0 Å². The van der Waals surface area contributed by atoms with E-state index in [1.165, 1.54) is 0 Å². The minimum Gasteiger partial charge on any atom is -0.381 e. The summed E-state index contributed by atoms with van der Waals surface area (Å²) in [7, 11) is 1.92. The SMILES string of the molecule is Cn1cc(-c2ccc(Cn3cc(C(=O)NC4CCOCC4)c4ncccc43)cc2)cn1. The summed E-state index contributed by atoms with van der Waals surface area (Å²) in [6.45, 7) is 2.06. The van der Waals surface area contributed by atoms with E-state index in [9.17, 15) is 4.79 Å². The first-order valence-electron chi connectivity index (χ1n) is 10.6. The van der Waals surface area contributed by atoms with Crippen LogP contribution in [-0.4, -0.2) is 44.5 Å². The lowest BCUT2D eigenvalue weighted by molar-refractivity contribution is 0.0697. The number of rotatable bonds is 5. The highest BCUT2D eigenvalue weighted by atomic mass is 16.5. The van der Waals surface area contributed by atoms with Gasteiger partial charge in [-0.05, 0) is 36.1 Å². The maximum absolute atomic E-state index is 13.0. The molecule has 4 heterocycles. The van der Waals surface area contributed by atoms with E-state index in [-0.39, 0.29) is 11.9 Å². The highest BCUT2D eigenvalue weighted by Gasteiger charge is 2.21. The van der Waals surface area contributed by atoms with Gasteiger partial charge in [-0.1, -0.05) is 24.3 Å². The topological polar surface area (TPSA) is 74.0 Å². The number of hydrogen-bond donors (Lipinski definition) is 1. The van der Waals surface area contributed by atoms with Crippen molar-refractivity contribution in [1.82, 2.24) is 24.6 Å². The number of benzene rings is 1. The molecule has 0 saturated carbocycles. The smallest absolute Gasteiger partial charge is 0.255 e. The van der Waals surface area contributed by atoms with Crippen molar-refractivity contribution in [2.45, 2.75) is 25.4 Å². The first-order valence-corrected chi connectivity index (χ1v) is 10.6. The van der Waals surface area contributed by atoms with Crippen molar-refractivity contribution in [2.75, 3.05) is 13.2 Å². The third-order valence-electron chi connectivity index (χ3n) is 5.78. The molecule has 1 N–H and O–H groups in total. The molecule has 158 valence electrons. The Balaban J connectivity index is 1.39. The van der Waals surface area contributed by atoms with Gasteiger partial charge in [0.15, 0.2) is 0 Å². The van der Waals surface area contributed by atoms with E-state index >= 15 is 0 Å². The predicted molar refractivity (Wildman–Crippen MR) is 119 cm³/mol. The molecule has 1 amide bonds. The summed E-state index contributed by atoms with van der Waals surface area (Å²) < 4.78 is 9.29. The van der Waals surface area contributed by atoms with E-state index in [1.54, 1.807) is 10.9 Å². The Hall–Kier alpha value is -3.45. The second-order valence-electron chi connectivity index (χ2n) is 8.00. The molecule has 0 spiro atoms. The number of nitrogens with one attached hydrogen (secondary N) is 1. The van der Waals surface area contributed by atoms with Gasteiger partial charge in [0.25, 0.3) is 5.91 Å². The number of pyridine rings is 1. The van der Waals surface area contributed by atoms with E-state index in [0.29, 0.717) is 25.3 Å². The standard InChI is InChI=1S/C24H25N5O2/c1-28-15-19(13-26-28)18-6-4-17(5-7-18)14-29-16-21(23-22(29)3-2-10-25-23)24(30)27-20-8-11-31-12-9-20/h2-7,10,13,15-16,20H,8-9,11-12,14H2,1H3,(H,27,30). The molecule has 4 aromatic rings. The van der Waals surface area contributed by atoms with Crippen LogP contribution in [0.25, 0.3) is 22.2 Å². The van der Waals surface area contributed by atoms with E-state index in [4.69, 9.17) is 4.74 Å². The summed E-state index contributed by atoms with van der Waals surface area (Å²) in [4.78, 5) is 17.5. The molecule has 0 radical (unpaired) electrons. The molecule has 3 aromatic heterocycles. The third-order valence-corrected chi connectivity index (χ3v) is 5.78. The van der Waals surface area contributed by atoms with Crippen molar-refractivity contribution < 1.29 is 9.53 Å². The molecule has 0 unspecified atom stereocenters. The lowest BCUT2D eigenvalue weighted by Gasteiger charge is -2.22. The molecule has 0 aliphatic carbocycles. The number of ether oxygens (including phenoxy) is 1. The van der Waals surface area contributed by atoms with Gasteiger partial charge >= 0.3 is 0 Å². The second kappa shape index (κ2) is 8.35. The molecule has 1 aliphatic heterocycles. The maximum Gasteiger partial charge on any atom is 0.255 e. The van der Waals surface area contributed by atoms with Gasteiger partial charge < -0.3 is 14.6 Å². The molecule has 1 saturated heterocycles. The number of carbonyl (C=O) groups is 1. The average Bonchev–Trinajstić information content (AvgIpc) is 3.39. The number of fused-ring (bicyclic) bond motifs is 1. The van der Waals surface area contributed by atoms with Crippen LogP contribution < -0.4 is 5.32 Å². The number of aryl methyl sites for hydroxylation is 1. The van der Waals surface area contributed by atoms with Crippen molar-refractivity contribution in [3.8, 4) is 11.1 Å². The van der Waals surface area contributed by atoms with Crippen LogP contribution in [-0.2, 0) is 18.3 Å². The van der Waals surface area contributed by atoms with Crippen LogP contribution in [0.15, 0.2) is 61.2 Å². The van der Waals surface area contributed by atoms with Crippen LogP contribution in [0.5, 0.6) is 0 Å². The fourth-order valence-electron chi connectivity index (χ4n) is 4.09. The summed E-state index contributed by atoms with van der Waals surface area (Å²) in [6, 6.07) is 12.5. The Bertz CT molecular complexity index is 1200. The van der Waals surface area contributed by atoms with Crippen LogP contribution >= 0.6 is 0 Å². The van der Waals surface area contributed by atoms with Gasteiger partial charge in [0, 0.05) is 57.0 Å². The van der Waals surface area contributed by atoms with Crippen molar-refractivity contribution in [3.05, 3.63) is 72.3 Å². The third kappa shape index (κ3) is 4.09. The zero-order valence-corrected chi connectivity index (χ0v) is 17.5. The van der Waals surface area contributed by atoms with Crippen molar-refractivity contribution in [2.24, 2.45) is 7.05 Å². The van der Waals surface area contributed by atoms with Crippen molar-refractivity contribution in [3.63, 3.8) is 0 Å². The lowest BCUT2D eigenvalue weighted by atomic mass is 10.1. The van der Waals surface area contributed by atoms with Gasteiger partial charge in [0.2, 0.25) is 0 Å². The summed E-state index contributed by atoms with van der Waals surface area (Å²) in [5.41, 5.74) is 5.69. The summed E-state index contributed by atoms with van der Waals surface area (Å²) >= 11 is 0. The van der Waals surface area contributed by atoms with Crippen molar-refractivity contribution >= 4 is 16.9 Å². The normalized spacial score (nSPS) is 14.7. The molecule has 31 heavy (non-hydrogen) atoms. The predicted octanol–water partition coefficient (Wildman–Crippen LogP) is 3.39. The Morgan fingerprint density at radius 3 is 2.68 bits per heavy atom. The van der Waals surface area contributed by atoms with E-state index in [1.807, 2.05) is 37.8 Å². The van der Waals surface area contributed by atoms with Crippen LogP contribution in [0, 0.1) is 0 Å². The van der Waals surface area contributed by atoms with Crippen LogP contribution in [0.3, 0.4) is 0 Å². The molecule has 5 rings (SSSR count). The zero-order chi connectivity index (χ0) is 21.2. The molecule has 1 fully saturated rings. The number of nitrogens with zero attached hydrogens (tertiary/aromatic N) is 4. The van der Waals surface area contributed by atoms with Gasteiger partial charge in [-0.3, -0.25) is 14.5 Å². The fourth-order valence-corrected chi connectivity index (χ4v) is 4.09. The molecule has 7 nitrogen and oxygen atoms in total. The number of carbonyl (C=O) groups excluding carboxylic acids is 1. The highest BCUT2D eigenvalue weighted by molar-refractivity contribution is 6.05. The Kier molecular flexibility index (Phi) is 5.26. The minimum absolute atomic E-state index is 0.0683. The van der Waals surface area contributed by atoms with Crippen LogP contribution in [0.1, 0.15) is 28.8 Å². The fraction of sp³-hybridized carbons (Fsp3) is 0.292. The van der Waals surface area contributed by atoms with Crippen LogP contribution in [0.2, 0.25) is 0 Å². The highest BCUT2D eigenvalue weighted by Crippen LogP contribution is 2.23. The zero-order valence-electron chi connectivity index (χ0n) is 17.5.